The van der Waals surface area contributed by atoms with E-state index in [0.29, 0.717) is 6.04 Å². The maximum Gasteiger partial charge on any atom is 0.0507 e. The SMILES string of the molecule is CCN(CC)C(CC)(CC)C(NC)c1ccc(C)cc1C. The lowest BCUT2D eigenvalue weighted by Gasteiger charge is -2.48. The molecule has 0 bridgehead atoms. The van der Waals surface area contributed by atoms with E-state index in [4.69, 9.17) is 0 Å². The molecular weight excluding hydrogens is 256 g/mol. The largest absolute Gasteiger partial charge is 0.311 e. The minimum atomic E-state index is 0.179. The summed E-state index contributed by atoms with van der Waals surface area (Å²) in [5.74, 6) is 0. The van der Waals surface area contributed by atoms with Crippen molar-refractivity contribution in [1.82, 2.24) is 10.2 Å². The Kier molecular flexibility index (Phi) is 6.89. The second kappa shape index (κ2) is 7.95. The first-order valence-corrected chi connectivity index (χ1v) is 8.50. The molecule has 0 aliphatic rings. The molecule has 0 aliphatic carbocycles. The summed E-state index contributed by atoms with van der Waals surface area (Å²) in [6.45, 7) is 15.8. The van der Waals surface area contributed by atoms with Crippen LogP contribution in [0.1, 0.15) is 63.3 Å². The summed E-state index contributed by atoms with van der Waals surface area (Å²) in [4.78, 5) is 2.63. The fourth-order valence-corrected chi connectivity index (χ4v) is 4.00. The lowest BCUT2D eigenvalue weighted by molar-refractivity contribution is 0.0512. The van der Waals surface area contributed by atoms with Crippen molar-refractivity contribution in [1.29, 1.82) is 0 Å². The highest BCUT2D eigenvalue weighted by atomic mass is 15.2. The molecule has 0 radical (unpaired) electrons. The lowest BCUT2D eigenvalue weighted by Crippen LogP contribution is -2.55. The zero-order valence-electron chi connectivity index (χ0n) is 15.1. The molecule has 0 saturated carbocycles. The van der Waals surface area contributed by atoms with Gasteiger partial charge in [-0.25, -0.2) is 0 Å². The third-order valence-corrected chi connectivity index (χ3v) is 5.18. The van der Waals surface area contributed by atoms with Crippen molar-refractivity contribution in [2.24, 2.45) is 0 Å². The number of hydrogen-bond acceptors (Lipinski definition) is 2. The molecule has 0 fully saturated rings. The monoisotopic (exact) mass is 290 g/mol. The van der Waals surface area contributed by atoms with E-state index >= 15 is 0 Å². The predicted octanol–water partition coefficient (Wildman–Crippen LogP) is 4.46. The van der Waals surface area contributed by atoms with Gasteiger partial charge in [0.1, 0.15) is 0 Å². The van der Waals surface area contributed by atoms with Crippen LogP contribution in [0.4, 0.5) is 0 Å². The average Bonchev–Trinajstić information content (AvgIpc) is 2.49. The lowest BCUT2D eigenvalue weighted by atomic mass is 9.77. The van der Waals surface area contributed by atoms with E-state index in [1.807, 2.05) is 0 Å². The van der Waals surface area contributed by atoms with E-state index in [1.165, 1.54) is 16.7 Å². The highest BCUT2D eigenvalue weighted by Gasteiger charge is 2.40. The van der Waals surface area contributed by atoms with Crippen LogP contribution in [0.3, 0.4) is 0 Å². The maximum atomic E-state index is 3.63. The molecule has 0 spiro atoms. The van der Waals surface area contributed by atoms with Gasteiger partial charge in [-0.05, 0) is 58.0 Å². The molecule has 1 N–H and O–H groups in total. The van der Waals surface area contributed by atoms with Gasteiger partial charge in [-0.1, -0.05) is 51.5 Å². The van der Waals surface area contributed by atoms with Gasteiger partial charge >= 0.3 is 0 Å². The van der Waals surface area contributed by atoms with Gasteiger partial charge in [0.15, 0.2) is 0 Å². The van der Waals surface area contributed by atoms with Gasteiger partial charge < -0.3 is 5.32 Å². The minimum Gasteiger partial charge on any atom is -0.311 e. The average molecular weight is 290 g/mol. The van der Waals surface area contributed by atoms with Crippen molar-refractivity contribution in [3.63, 3.8) is 0 Å². The Morgan fingerprint density at radius 2 is 1.62 bits per heavy atom. The van der Waals surface area contributed by atoms with E-state index in [1.54, 1.807) is 0 Å². The van der Waals surface area contributed by atoms with Crippen molar-refractivity contribution >= 4 is 0 Å². The first-order chi connectivity index (χ1) is 10.00. The summed E-state index contributed by atoms with van der Waals surface area (Å²) >= 11 is 0. The summed E-state index contributed by atoms with van der Waals surface area (Å²) in [6.07, 6.45) is 2.31. The summed E-state index contributed by atoms with van der Waals surface area (Å²) in [5, 5.41) is 3.63. The zero-order chi connectivity index (χ0) is 16.0. The van der Waals surface area contributed by atoms with Crippen LogP contribution in [0.25, 0.3) is 0 Å². The van der Waals surface area contributed by atoms with Gasteiger partial charge in [0, 0.05) is 5.54 Å². The molecule has 2 nitrogen and oxygen atoms in total. The van der Waals surface area contributed by atoms with Gasteiger partial charge in [0.05, 0.1) is 6.04 Å². The van der Waals surface area contributed by atoms with Gasteiger partial charge in [-0.2, -0.15) is 0 Å². The predicted molar refractivity (Wildman–Crippen MR) is 94.0 cm³/mol. The zero-order valence-corrected chi connectivity index (χ0v) is 15.1. The van der Waals surface area contributed by atoms with Crippen LogP contribution < -0.4 is 5.32 Å². The van der Waals surface area contributed by atoms with Crippen molar-refractivity contribution in [2.75, 3.05) is 20.1 Å². The smallest absolute Gasteiger partial charge is 0.0507 e. The summed E-state index contributed by atoms with van der Waals surface area (Å²) in [6, 6.07) is 7.23. The van der Waals surface area contributed by atoms with Crippen LogP contribution in [0.15, 0.2) is 18.2 Å². The van der Waals surface area contributed by atoms with Crippen LogP contribution in [-0.4, -0.2) is 30.6 Å². The highest BCUT2D eigenvalue weighted by molar-refractivity contribution is 5.35. The number of hydrogen-bond donors (Lipinski definition) is 1. The van der Waals surface area contributed by atoms with Crippen LogP contribution >= 0.6 is 0 Å². The summed E-state index contributed by atoms with van der Waals surface area (Å²) in [5.41, 5.74) is 4.36. The van der Waals surface area contributed by atoms with E-state index in [2.05, 4.69) is 77.0 Å². The van der Waals surface area contributed by atoms with Gasteiger partial charge in [0.25, 0.3) is 0 Å². The molecule has 120 valence electrons. The molecule has 1 unspecified atom stereocenters. The number of nitrogens with one attached hydrogen (secondary N) is 1. The molecule has 0 aliphatic heterocycles. The third-order valence-electron chi connectivity index (χ3n) is 5.18. The van der Waals surface area contributed by atoms with Gasteiger partial charge in [0.2, 0.25) is 0 Å². The molecule has 2 heteroatoms. The van der Waals surface area contributed by atoms with Crippen LogP contribution in [0, 0.1) is 13.8 Å². The summed E-state index contributed by atoms with van der Waals surface area (Å²) < 4.78 is 0. The Bertz CT molecular complexity index is 431. The number of likely N-dealkylation sites (N-methyl/N-ethyl adjacent to an activating group) is 2. The molecule has 1 rings (SSSR count). The number of nitrogens with zero attached hydrogens (tertiary/aromatic N) is 1. The van der Waals surface area contributed by atoms with E-state index in [-0.39, 0.29) is 5.54 Å². The molecule has 0 amide bonds. The van der Waals surface area contributed by atoms with E-state index in [0.717, 1.165) is 25.9 Å². The molecular formula is C19H34N2. The Hall–Kier alpha value is -0.860. The number of benzene rings is 1. The Morgan fingerprint density at radius 3 is 2.00 bits per heavy atom. The quantitative estimate of drug-likeness (QED) is 0.760. The molecule has 1 aromatic carbocycles. The fourth-order valence-electron chi connectivity index (χ4n) is 4.00. The van der Waals surface area contributed by atoms with Crippen LogP contribution in [-0.2, 0) is 0 Å². The number of rotatable bonds is 8. The minimum absolute atomic E-state index is 0.179. The fraction of sp³-hybridized carbons (Fsp3) is 0.684. The molecule has 0 heterocycles. The Morgan fingerprint density at radius 1 is 1.05 bits per heavy atom. The van der Waals surface area contributed by atoms with Crippen LogP contribution in [0.5, 0.6) is 0 Å². The number of aryl methyl sites for hydroxylation is 2. The Labute approximate surface area is 131 Å². The molecule has 0 saturated heterocycles. The molecule has 1 aromatic rings. The second-order valence-corrected chi connectivity index (χ2v) is 6.06. The van der Waals surface area contributed by atoms with E-state index < -0.39 is 0 Å². The first kappa shape index (κ1) is 18.2. The molecule has 1 atom stereocenters. The van der Waals surface area contributed by atoms with Crippen molar-refractivity contribution in [3.05, 3.63) is 34.9 Å². The molecule has 0 aromatic heterocycles. The normalized spacial score (nSPS) is 13.7. The van der Waals surface area contributed by atoms with Crippen molar-refractivity contribution < 1.29 is 0 Å². The standard InChI is InChI=1S/C19H34N2/c1-8-19(9-2,21(10-3)11-4)18(20-7)17-13-12-15(5)14-16(17)6/h12-14,18,20H,8-11H2,1-7H3. The van der Waals surface area contributed by atoms with Gasteiger partial charge in [-0.15, -0.1) is 0 Å². The third kappa shape index (κ3) is 3.49. The van der Waals surface area contributed by atoms with E-state index in [9.17, 15) is 0 Å². The first-order valence-electron chi connectivity index (χ1n) is 8.50. The van der Waals surface area contributed by atoms with Gasteiger partial charge in [-0.3, -0.25) is 4.90 Å². The van der Waals surface area contributed by atoms with Crippen LogP contribution in [0.2, 0.25) is 0 Å². The highest BCUT2D eigenvalue weighted by Crippen LogP contribution is 2.38. The maximum absolute atomic E-state index is 3.63. The second-order valence-electron chi connectivity index (χ2n) is 6.06. The van der Waals surface area contributed by atoms with Crippen molar-refractivity contribution in [3.8, 4) is 0 Å². The van der Waals surface area contributed by atoms with Crippen molar-refractivity contribution in [2.45, 2.75) is 66.0 Å². The summed E-state index contributed by atoms with van der Waals surface area (Å²) in [7, 11) is 2.10. The topological polar surface area (TPSA) is 15.3 Å². The Balaban J connectivity index is 3.37. The molecule has 21 heavy (non-hydrogen) atoms.